The van der Waals surface area contributed by atoms with Crippen LogP contribution >= 0.6 is 0 Å². The molecule has 0 bridgehead atoms. The number of carbonyl (C=O) groups is 2. The molecule has 0 heterocycles. The van der Waals surface area contributed by atoms with Crippen LogP contribution in [0.1, 0.15) is 68.0 Å². The molecule has 2 aromatic carbocycles. The van der Waals surface area contributed by atoms with Gasteiger partial charge in [-0.1, -0.05) is 18.2 Å². The Labute approximate surface area is 208 Å². The minimum Gasteiger partial charge on any atom is -0.466 e. The summed E-state index contributed by atoms with van der Waals surface area (Å²) in [7, 11) is 4.04. The molecule has 1 atom stereocenters. The fraction of sp³-hybridized carbons (Fsp3) is 0.500. The molecule has 0 aliphatic carbocycles. The Morgan fingerprint density at radius 2 is 1.71 bits per heavy atom. The Morgan fingerprint density at radius 1 is 1.06 bits per heavy atom. The molecule has 0 radical (unpaired) electrons. The normalized spacial score (nSPS) is 12.4. The molecule has 0 aromatic heterocycles. The van der Waals surface area contributed by atoms with Crippen LogP contribution in [0.2, 0.25) is 0 Å². The predicted octanol–water partition coefficient (Wildman–Crippen LogP) is 6.00. The van der Waals surface area contributed by atoms with Gasteiger partial charge in [0.2, 0.25) is 0 Å². The van der Waals surface area contributed by atoms with E-state index in [4.69, 9.17) is 9.47 Å². The van der Waals surface area contributed by atoms with Crippen molar-refractivity contribution in [3.63, 3.8) is 0 Å². The highest BCUT2D eigenvalue weighted by atomic mass is 19.1. The molecule has 0 aliphatic heterocycles. The third-order valence-electron chi connectivity index (χ3n) is 5.67. The van der Waals surface area contributed by atoms with E-state index >= 15 is 4.39 Å². The lowest BCUT2D eigenvalue weighted by molar-refractivity contribution is -0.143. The van der Waals surface area contributed by atoms with Crippen LogP contribution in [-0.4, -0.2) is 43.3 Å². The molecule has 2 aromatic rings. The smallest absolute Gasteiger partial charge is 0.408 e. The summed E-state index contributed by atoms with van der Waals surface area (Å²) in [6.45, 7) is 13.5. The number of carbonyl (C=O) groups excluding carboxylic acids is 2. The molecule has 6 nitrogen and oxygen atoms in total. The van der Waals surface area contributed by atoms with Gasteiger partial charge in [-0.25, -0.2) is 9.18 Å². The largest absolute Gasteiger partial charge is 0.466 e. The van der Waals surface area contributed by atoms with Gasteiger partial charge in [0, 0.05) is 12.1 Å². The van der Waals surface area contributed by atoms with Crippen molar-refractivity contribution in [3.8, 4) is 11.1 Å². The summed E-state index contributed by atoms with van der Waals surface area (Å²) in [6, 6.07) is 7.01. The van der Waals surface area contributed by atoms with Gasteiger partial charge in [0.1, 0.15) is 11.4 Å². The maximum absolute atomic E-state index is 15.6. The van der Waals surface area contributed by atoms with E-state index in [2.05, 4.69) is 22.3 Å². The Kier molecular flexibility index (Phi) is 9.44. The lowest BCUT2D eigenvalue weighted by Crippen LogP contribution is -2.36. The minimum atomic E-state index is -0.949. The summed E-state index contributed by atoms with van der Waals surface area (Å²) < 4.78 is 26.1. The lowest BCUT2D eigenvalue weighted by Gasteiger charge is -2.25. The van der Waals surface area contributed by atoms with Crippen LogP contribution in [0, 0.1) is 26.6 Å². The monoisotopic (exact) mass is 486 g/mol. The number of halogens is 1. The number of aryl methyl sites for hydroxylation is 1. The Balaban J connectivity index is 2.58. The van der Waals surface area contributed by atoms with Gasteiger partial charge in [-0.15, -0.1) is 0 Å². The van der Waals surface area contributed by atoms with Gasteiger partial charge in [-0.05, 0) is 102 Å². The second kappa shape index (κ2) is 11.7. The van der Waals surface area contributed by atoms with E-state index in [1.807, 2.05) is 34.0 Å². The first-order valence-electron chi connectivity index (χ1n) is 11.9. The van der Waals surface area contributed by atoms with E-state index in [1.165, 1.54) is 5.56 Å². The molecule has 192 valence electrons. The topological polar surface area (TPSA) is 67.9 Å². The average Bonchev–Trinajstić information content (AvgIpc) is 2.71. The number of hydrogen-bond donors (Lipinski definition) is 1. The third-order valence-corrected chi connectivity index (χ3v) is 5.67. The van der Waals surface area contributed by atoms with Gasteiger partial charge < -0.3 is 19.7 Å². The molecule has 1 amide bonds. The standard InChI is InChI=1S/C28H39FN2O4/c1-10-34-25(32)15-24(30-27(33)35-28(5,6)7)23-14-22(18(3)19(4)26(23)29)21-12-11-20(13-17(21)2)16-31(8)9/h11-14,24H,10,15-16H2,1-9H3,(H,30,33). The van der Waals surface area contributed by atoms with Crippen LogP contribution in [0.3, 0.4) is 0 Å². The molecule has 0 aliphatic rings. The first-order valence-corrected chi connectivity index (χ1v) is 11.9. The highest BCUT2D eigenvalue weighted by Gasteiger charge is 2.27. The summed E-state index contributed by atoms with van der Waals surface area (Å²) >= 11 is 0. The Morgan fingerprint density at radius 3 is 2.26 bits per heavy atom. The van der Waals surface area contributed by atoms with Crippen molar-refractivity contribution in [3.05, 3.63) is 57.9 Å². The van der Waals surface area contributed by atoms with Crippen molar-refractivity contribution in [2.24, 2.45) is 0 Å². The van der Waals surface area contributed by atoms with Crippen LogP contribution in [0.15, 0.2) is 24.3 Å². The van der Waals surface area contributed by atoms with Crippen molar-refractivity contribution in [1.82, 2.24) is 10.2 Å². The number of nitrogens with zero attached hydrogens (tertiary/aromatic N) is 1. The fourth-order valence-electron chi connectivity index (χ4n) is 4.01. The molecular formula is C28H39FN2O4. The van der Waals surface area contributed by atoms with E-state index in [0.29, 0.717) is 5.56 Å². The fourth-order valence-corrected chi connectivity index (χ4v) is 4.01. The van der Waals surface area contributed by atoms with Crippen LogP contribution in [0.25, 0.3) is 11.1 Å². The van der Waals surface area contributed by atoms with Gasteiger partial charge in [0.15, 0.2) is 0 Å². The number of benzene rings is 2. The summed E-state index contributed by atoms with van der Waals surface area (Å²) in [6.07, 6.45) is -0.942. The highest BCUT2D eigenvalue weighted by molar-refractivity contribution is 5.76. The zero-order chi connectivity index (χ0) is 26.5. The SMILES string of the molecule is CCOC(=O)CC(NC(=O)OC(C)(C)C)c1cc(-c2ccc(CN(C)C)cc2C)c(C)c(C)c1F. The summed E-state index contributed by atoms with van der Waals surface area (Å²) in [5.41, 5.74) is 4.83. The predicted molar refractivity (Wildman–Crippen MR) is 137 cm³/mol. The number of rotatable bonds is 8. The van der Waals surface area contributed by atoms with E-state index in [1.54, 1.807) is 40.7 Å². The molecule has 0 saturated carbocycles. The van der Waals surface area contributed by atoms with Crippen LogP contribution in [0.4, 0.5) is 9.18 Å². The Hall–Kier alpha value is -2.93. The second-order valence-electron chi connectivity index (χ2n) is 10.2. The molecular weight excluding hydrogens is 447 g/mol. The third kappa shape index (κ3) is 7.79. The van der Waals surface area contributed by atoms with Crippen molar-refractivity contribution in [2.45, 2.75) is 73.1 Å². The maximum atomic E-state index is 15.6. The summed E-state index contributed by atoms with van der Waals surface area (Å²) in [5, 5.41) is 2.68. The molecule has 0 spiro atoms. The summed E-state index contributed by atoms with van der Waals surface area (Å²) in [5.74, 6) is -0.990. The van der Waals surface area contributed by atoms with E-state index in [-0.39, 0.29) is 18.6 Å². The maximum Gasteiger partial charge on any atom is 0.408 e. The second-order valence-corrected chi connectivity index (χ2v) is 10.2. The minimum absolute atomic E-state index is 0.192. The molecule has 7 heteroatoms. The van der Waals surface area contributed by atoms with Gasteiger partial charge in [-0.3, -0.25) is 4.79 Å². The Bertz CT molecular complexity index is 1070. The molecule has 2 rings (SSSR count). The van der Waals surface area contributed by atoms with Crippen LogP contribution < -0.4 is 5.32 Å². The van der Waals surface area contributed by atoms with Gasteiger partial charge >= 0.3 is 12.1 Å². The van der Waals surface area contributed by atoms with Gasteiger partial charge in [0.05, 0.1) is 19.1 Å². The molecule has 35 heavy (non-hydrogen) atoms. The van der Waals surface area contributed by atoms with Crippen molar-refractivity contribution >= 4 is 12.1 Å². The number of esters is 1. The van der Waals surface area contributed by atoms with Crippen LogP contribution in [0.5, 0.6) is 0 Å². The quantitative estimate of drug-likeness (QED) is 0.464. The summed E-state index contributed by atoms with van der Waals surface area (Å²) in [4.78, 5) is 27.0. The zero-order valence-corrected chi connectivity index (χ0v) is 22.5. The van der Waals surface area contributed by atoms with Gasteiger partial charge in [0.25, 0.3) is 0 Å². The first-order chi connectivity index (χ1) is 16.2. The molecule has 0 fully saturated rings. The zero-order valence-electron chi connectivity index (χ0n) is 22.5. The molecule has 0 saturated heterocycles. The van der Waals surface area contributed by atoms with E-state index in [0.717, 1.165) is 28.8 Å². The van der Waals surface area contributed by atoms with Gasteiger partial charge in [-0.2, -0.15) is 0 Å². The van der Waals surface area contributed by atoms with Crippen LogP contribution in [-0.2, 0) is 20.8 Å². The lowest BCUT2D eigenvalue weighted by atomic mass is 9.88. The van der Waals surface area contributed by atoms with Crippen molar-refractivity contribution in [1.29, 1.82) is 0 Å². The first kappa shape index (κ1) is 28.3. The average molecular weight is 487 g/mol. The highest BCUT2D eigenvalue weighted by Crippen LogP contribution is 2.35. The number of amides is 1. The number of alkyl carbamates (subject to hydrolysis) is 1. The van der Waals surface area contributed by atoms with E-state index in [9.17, 15) is 9.59 Å². The molecule has 1 N–H and O–H groups in total. The molecule has 1 unspecified atom stereocenters. The number of hydrogen-bond acceptors (Lipinski definition) is 5. The number of nitrogens with one attached hydrogen (secondary N) is 1. The van der Waals surface area contributed by atoms with Crippen molar-refractivity contribution < 1.29 is 23.5 Å². The van der Waals surface area contributed by atoms with E-state index < -0.39 is 29.5 Å². The van der Waals surface area contributed by atoms with Crippen molar-refractivity contribution in [2.75, 3.05) is 20.7 Å². The number of ether oxygens (including phenoxy) is 2.